The van der Waals surface area contributed by atoms with Gasteiger partial charge in [-0.15, -0.1) is 5.10 Å². The predicted molar refractivity (Wildman–Crippen MR) is 69.1 cm³/mol. The molecule has 1 aliphatic carbocycles. The number of benzene rings is 1. The first kappa shape index (κ1) is 12.6. The Balaban J connectivity index is 1.87. The van der Waals surface area contributed by atoms with Gasteiger partial charge in [-0.25, -0.2) is 0 Å². The second-order valence-corrected chi connectivity index (χ2v) is 5.28. The van der Waals surface area contributed by atoms with Crippen molar-refractivity contribution in [2.24, 2.45) is 5.92 Å². The molecule has 0 bridgehead atoms. The highest BCUT2D eigenvalue weighted by molar-refractivity contribution is 8.03. The molecule has 1 saturated carbocycles. The second-order valence-electron chi connectivity index (χ2n) is 4.42. The standard InChI is InChI=1S/C12H9N5O2S/c13-6-20-8-3-1-7(2-4-8)17-11(14-15-16-17)9-5-10(9)12(18)19/h1-4,9-10H,5H2,(H,18,19). The number of tetrazole rings is 1. The number of thiocyanates is 1. The Hall–Kier alpha value is -2.40. The Morgan fingerprint density at radius 3 is 2.80 bits per heavy atom. The molecule has 2 atom stereocenters. The van der Waals surface area contributed by atoms with E-state index in [-0.39, 0.29) is 5.92 Å². The molecule has 7 nitrogen and oxygen atoms in total. The van der Waals surface area contributed by atoms with Crippen LogP contribution >= 0.6 is 11.8 Å². The van der Waals surface area contributed by atoms with Gasteiger partial charge in [0.1, 0.15) is 5.40 Å². The lowest BCUT2D eigenvalue weighted by Gasteiger charge is -2.04. The van der Waals surface area contributed by atoms with E-state index in [0.717, 1.165) is 22.3 Å². The first-order chi connectivity index (χ1) is 9.70. The fourth-order valence-electron chi connectivity index (χ4n) is 2.07. The van der Waals surface area contributed by atoms with E-state index < -0.39 is 11.9 Å². The minimum atomic E-state index is -0.815. The van der Waals surface area contributed by atoms with Gasteiger partial charge in [0.15, 0.2) is 5.82 Å². The van der Waals surface area contributed by atoms with Crippen molar-refractivity contribution in [3.05, 3.63) is 30.1 Å². The Bertz CT molecular complexity index is 691. The van der Waals surface area contributed by atoms with Crippen LogP contribution in [0, 0.1) is 16.6 Å². The molecule has 0 aliphatic heterocycles. The molecule has 3 rings (SSSR count). The fourth-order valence-corrected chi connectivity index (χ4v) is 2.45. The van der Waals surface area contributed by atoms with Gasteiger partial charge in [0.25, 0.3) is 0 Å². The van der Waals surface area contributed by atoms with E-state index in [1.54, 1.807) is 28.9 Å². The highest BCUT2D eigenvalue weighted by Crippen LogP contribution is 2.46. The molecular formula is C12H9N5O2S. The summed E-state index contributed by atoms with van der Waals surface area (Å²) in [6.07, 6.45) is 0.568. The molecule has 1 aromatic carbocycles. The number of hydrogen-bond acceptors (Lipinski definition) is 6. The number of carbonyl (C=O) groups is 1. The number of aromatic nitrogens is 4. The van der Waals surface area contributed by atoms with E-state index in [2.05, 4.69) is 15.5 Å². The number of nitriles is 1. The Morgan fingerprint density at radius 1 is 1.45 bits per heavy atom. The van der Waals surface area contributed by atoms with Crippen molar-refractivity contribution in [3.8, 4) is 11.1 Å². The van der Waals surface area contributed by atoms with Crippen molar-refractivity contribution in [2.45, 2.75) is 17.2 Å². The van der Waals surface area contributed by atoms with E-state index in [1.165, 1.54) is 0 Å². The highest BCUT2D eigenvalue weighted by atomic mass is 32.2. The molecule has 1 N–H and O–H groups in total. The average molecular weight is 287 g/mol. The van der Waals surface area contributed by atoms with Gasteiger partial charge in [-0.3, -0.25) is 4.79 Å². The van der Waals surface area contributed by atoms with Gasteiger partial charge in [0.2, 0.25) is 0 Å². The minimum absolute atomic E-state index is 0.129. The zero-order valence-electron chi connectivity index (χ0n) is 10.2. The lowest BCUT2D eigenvalue weighted by Crippen LogP contribution is -2.05. The van der Waals surface area contributed by atoms with Crippen LogP contribution < -0.4 is 0 Å². The van der Waals surface area contributed by atoms with Gasteiger partial charge in [-0.2, -0.15) is 9.94 Å². The predicted octanol–water partition coefficient (Wildman–Crippen LogP) is 1.42. The smallest absolute Gasteiger partial charge is 0.307 e. The lowest BCUT2D eigenvalue weighted by atomic mass is 10.3. The molecule has 1 aromatic heterocycles. The van der Waals surface area contributed by atoms with Crippen molar-refractivity contribution in [3.63, 3.8) is 0 Å². The molecule has 20 heavy (non-hydrogen) atoms. The largest absolute Gasteiger partial charge is 0.481 e. The summed E-state index contributed by atoms with van der Waals surface area (Å²) in [6, 6.07) is 7.21. The number of aliphatic carboxylic acids is 1. The molecule has 0 saturated heterocycles. The molecule has 2 unspecified atom stereocenters. The van der Waals surface area contributed by atoms with Crippen molar-refractivity contribution in [1.82, 2.24) is 20.2 Å². The third-order valence-corrected chi connectivity index (χ3v) is 3.78. The normalized spacial score (nSPS) is 20.4. The van der Waals surface area contributed by atoms with Crippen LogP contribution in [0.2, 0.25) is 0 Å². The van der Waals surface area contributed by atoms with E-state index in [4.69, 9.17) is 10.4 Å². The molecule has 0 spiro atoms. The van der Waals surface area contributed by atoms with Gasteiger partial charge in [0, 0.05) is 10.8 Å². The summed E-state index contributed by atoms with van der Waals surface area (Å²) in [5.74, 6) is -0.771. The summed E-state index contributed by atoms with van der Waals surface area (Å²) in [7, 11) is 0. The van der Waals surface area contributed by atoms with Crippen LogP contribution in [-0.2, 0) is 4.79 Å². The van der Waals surface area contributed by atoms with Crippen molar-refractivity contribution < 1.29 is 9.90 Å². The molecule has 0 amide bonds. The van der Waals surface area contributed by atoms with E-state index >= 15 is 0 Å². The van der Waals surface area contributed by atoms with Crippen LogP contribution in [0.3, 0.4) is 0 Å². The quantitative estimate of drug-likeness (QED) is 0.669. The van der Waals surface area contributed by atoms with Gasteiger partial charge >= 0.3 is 5.97 Å². The van der Waals surface area contributed by atoms with Gasteiger partial charge in [0.05, 0.1) is 11.6 Å². The number of carboxylic acid groups (broad SMARTS) is 1. The molecular weight excluding hydrogens is 278 g/mol. The number of nitrogens with zero attached hydrogens (tertiary/aromatic N) is 5. The van der Waals surface area contributed by atoms with Gasteiger partial charge < -0.3 is 5.11 Å². The van der Waals surface area contributed by atoms with Crippen LogP contribution in [0.25, 0.3) is 5.69 Å². The summed E-state index contributed by atoms with van der Waals surface area (Å²) >= 11 is 1.08. The minimum Gasteiger partial charge on any atom is -0.481 e. The van der Waals surface area contributed by atoms with Gasteiger partial charge in [-0.05, 0) is 52.9 Å². The van der Waals surface area contributed by atoms with Crippen LogP contribution in [-0.4, -0.2) is 31.3 Å². The maximum absolute atomic E-state index is 10.9. The molecule has 8 heteroatoms. The molecule has 1 aliphatic rings. The SMILES string of the molecule is N#CSc1ccc(-n2nnnc2C2CC2C(=O)O)cc1. The Morgan fingerprint density at radius 2 is 2.20 bits per heavy atom. The second kappa shape index (κ2) is 4.94. The molecule has 1 heterocycles. The summed E-state index contributed by atoms with van der Waals surface area (Å²) in [5, 5.41) is 31.0. The Kier molecular flexibility index (Phi) is 3.12. The maximum Gasteiger partial charge on any atom is 0.307 e. The number of hydrogen-bond donors (Lipinski definition) is 1. The maximum atomic E-state index is 10.9. The topological polar surface area (TPSA) is 105 Å². The monoisotopic (exact) mass is 287 g/mol. The fraction of sp³-hybridized carbons (Fsp3) is 0.250. The van der Waals surface area contributed by atoms with Crippen molar-refractivity contribution >= 4 is 17.7 Å². The van der Waals surface area contributed by atoms with Crippen LogP contribution in [0.4, 0.5) is 0 Å². The van der Waals surface area contributed by atoms with Crippen LogP contribution in [0.1, 0.15) is 18.2 Å². The van der Waals surface area contributed by atoms with Crippen LogP contribution in [0.15, 0.2) is 29.2 Å². The Labute approximate surface area is 118 Å². The highest BCUT2D eigenvalue weighted by Gasteiger charge is 2.47. The molecule has 100 valence electrons. The van der Waals surface area contributed by atoms with E-state index in [9.17, 15) is 4.79 Å². The first-order valence-corrected chi connectivity index (χ1v) is 6.70. The molecule has 1 fully saturated rings. The average Bonchev–Trinajstić information content (AvgIpc) is 3.10. The zero-order chi connectivity index (χ0) is 14.1. The third kappa shape index (κ3) is 2.23. The van der Waals surface area contributed by atoms with E-state index in [1.807, 2.05) is 5.40 Å². The molecule has 0 radical (unpaired) electrons. The number of thioether (sulfide) groups is 1. The van der Waals surface area contributed by atoms with Crippen LogP contribution in [0.5, 0.6) is 0 Å². The summed E-state index contributed by atoms with van der Waals surface area (Å²) in [6.45, 7) is 0. The lowest BCUT2D eigenvalue weighted by molar-refractivity contribution is -0.138. The zero-order valence-corrected chi connectivity index (χ0v) is 11.0. The number of carboxylic acids is 1. The number of rotatable bonds is 4. The summed E-state index contributed by atoms with van der Waals surface area (Å²) < 4.78 is 1.55. The third-order valence-electron chi connectivity index (χ3n) is 3.18. The van der Waals surface area contributed by atoms with Crippen molar-refractivity contribution in [1.29, 1.82) is 5.26 Å². The molecule has 2 aromatic rings. The first-order valence-electron chi connectivity index (χ1n) is 5.88. The summed E-state index contributed by atoms with van der Waals surface area (Å²) in [5.41, 5.74) is 0.753. The summed E-state index contributed by atoms with van der Waals surface area (Å²) in [4.78, 5) is 11.8. The van der Waals surface area contributed by atoms with Gasteiger partial charge in [-0.1, -0.05) is 0 Å². The van der Waals surface area contributed by atoms with Crippen molar-refractivity contribution in [2.75, 3.05) is 0 Å². The van der Waals surface area contributed by atoms with E-state index in [0.29, 0.717) is 12.2 Å².